The molecule has 0 radical (unpaired) electrons. The van der Waals surface area contributed by atoms with E-state index in [-0.39, 0.29) is 30.4 Å². The molecule has 39 heavy (non-hydrogen) atoms. The average Bonchev–Trinajstić information content (AvgIpc) is 2.83. The van der Waals surface area contributed by atoms with Gasteiger partial charge < -0.3 is 21.3 Å². The van der Waals surface area contributed by atoms with E-state index in [1.807, 2.05) is 11.8 Å². The van der Waals surface area contributed by atoms with Crippen molar-refractivity contribution in [2.45, 2.75) is 51.5 Å². The van der Waals surface area contributed by atoms with Gasteiger partial charge in [0.05, 0.1) is 28.9 Å². The molecule has 0 saturated carbocycles. The van der Waals surface area contributed by atoms with E-state index >= 15 is 0 Å². The molecule has 0 spiro atoms. The van der Waals surface area contributed by atoms with Crippen molar-refractivity contribution in [1.82, 2.24) is 10.2 Å². The number of carbonyl (C=O) groups is 2. The second-order valence-electron chi connectivity index (χ2n) is 10.1. The number of amides is 2. The first-order valence-corrected chi connectivity index (χ1v) is 12.7. The Morgan fingerprint density at radius 3 is 2.41 bits per heavy atom. The second-order valence-corrected chi connectivity index (χ2v) is 10.6. The van der Waals surface area contributed by atoms with Gasteiger partial charge in [-0.05, 0) is 45.0 Å². The summed E-state index contributed by atoms with van der Waals surface area (Å²) in [5, 5.41) is 5.36. The maximum Gasteiger partial charge on any atom is 0.390 e. The molecule has 1 atom stereocenters. The molecule has 0 unspecified atom stereocenters. The summed E-state index contributed by atoms with van der Waals surface area (Å²) in [5.41, 5.74) is 4.54. The first kappa shape index (κ1) is 30.6. The summed E-state index contributed by atoms with van der Waals surface area (Å²) in [6, 6.07) is 6.72. The topological polar surface area (TPSA) is 90.7 Å². The van der Waals surface area contributed by atoms with Crippen LogP contribution in [-0.2, 0) is 11.3 Å². The highest BCUT2D eigenvalue weighted by Gasteiger charge is 2.32. The van der Waals surface area contributed by atoms with Crippen molar-refractivity contribution in [3.8, 4) is 0 Å². The van der Waals surface area contributed by atoms with Crippen LogP contribution in [0.1, 0.15) is 43.1 Å². The Labute approximate surface area is 228 Å². The maximum absolute atomic E-state index is 14.9. The standard InChI is InChI=1S/C26H31ClF5N5O2/c1-15-14-37(11-10-36(15)9-8-26(30,31)32)20-12-17(27)5-7-19(20)35-23(38)18-6-4-16(21(28)22(18)29)13-34-24(39)25(2,3)33/h4-7,12,15H,8-11,13-14,33H2,1-3H3,(H,34,39)(H,35,38)/t15-/m0/s1. The lowest BCUT2D eigenvalue weighted by molar-refractivity contribution is -0.139. The number of halogens is 6. The zero-order valence-corrected chi connectivity index (χ0v) is 22.5. The van der Waals surface area contributed by atoms with Crippen molar-refractivity contribution in [3.05, 3.63) is 58.1 Å². The maximum atomic E-state index is 14.9. The average molecular weight is 576 g/mol. The number of rotatable bonds is 8. The van der Waals surface area contributed by atoms with Crippen LogP contribution in [0.4, 0.5) is 33.3 Å². The molecule has 1 heterocycles. The molecule has 3 rings (SSSR count). The first-order chi connectivity index (χ1) is 18.1. The van der Waals surface area contributed by atoms with Crippen LogP contribution in [0.15, 0.2) is 30.3 Å². The molecule has 0 aromatic heterocycles. The van der Waals surface area contributed by atoms with Crippen LogP contribution in [0.2, 0.25) is 5.02 Å². The Hall–Kier alpha value is -2.96. The van der Waals surface area contributed by atoms with E-state index in [2.05, 4.69) is 10.6 Å². The summed E-state index contributed by atoms with van der Waals surface area (Å²) in [4.78, 5) is 28.5. The Balaban J connectivity index is 1.74. The highest BCUT2D eigenvalue weighted by atomic mass is 35.5. The smallest absolute Gasteiger partial charge is 0.367 e. The summed E-state index contributed by atoms with van der Waals surface area (Å²) in [5.74, 6) is -4.13. The lowest BCUT2D eigenvalue weighted by Gasteiger charge is -2.41. The van der Waals surface area contributed by atoms with Gasteiger partial charge in [-0.1, -0.05) is 17.7 Å². The first-order valence-electron chi connectivity index (χ1n) is 12.3. The normalized spacial score (nSPS) is 16.8. The van der Waals surface area contributed by atoms with Gasteiger partial charge in [0.25, 0.3) is 5.91 Å². The molecule has 214 valence electrons. The number of hydrogen-bond acceptors (Lipinski definition) is 5. The zero-order chi connectivity index (χ0) is 29.1. The van der Waals surface area contributed by atoms with Crippen molar-refractivity contribution < 1.29 is 31.5 Å². The van der Waals surface area contributed by atoms with E-state index in [4.69, 9.17) is 17.3 Å². The van der Waals surface area contributed by atoms with Crippen molar-refractivity contribution >= 4 is 34.8 Å². The van der Waals surface area contributed by atoms with Gasteiger partial charge in [-0.15, -0.1) is 0 Å². The highest BCUT2D eigenvalue weighted by molar-refractivity contribution is 6.31. The van der Waals surface area contributed by atoms with E-state index in [1.165, 1.54) is 32.0 Å². The number of carbonyl (C=O) groups excluding carboxylic acids is 2. The van der Waals surface area contributed by atoms with Gasteiger partial charge in [0.15, 0.2) is 11.6 Å². The van der Waals surface area contributed by atoms with Gasteiger partial charge >= 0.3 is 6.18 Å². The van der Waals surface area contributed by atoms with Crippen LogP contribution in [0, 0.1) is 11.6 Å². The zero-order valence-electron chi connectivity index (χ0n) is 21.8. The fraction of sp³-hybridized carbons (Fsp3) is 0.462. The SMILES string of the molecule is C[C@H]1CN(c2cc(Cl)ccc2NC(=O)c2ccc(CNC(=O)C(C)(C)N)c(F)c2F)CCN1CCC(F)(F)F. The fourth-order valence-corrected chi connectivity index (χ4v) is 4.35. The Bertz CT molecular complexity index is 1220. The Morgan fingerprint density at radius 1 is 1.10 bits per heavy atom. The van der Waals surface area contributed by atoms with Crippen LogP contribution in [0.25, 0.3) is 0 Å². The number of hydrogen-bond donors (Lipinski definition) is 3. The van der Waals surface area contributed by atoms with Gasteiger partial charge in [0.2, 0.25) is 5.91 Å². The molecule has 1 aliphatic rings. The third kappa shape index (κ3) is 8.02. The predicted molar refractivity (Wildman–Crippen MR) is 140 cm³/mol. The van der Waals surface area contributed by atoms with Gasteiger partial charge in [-0.2, -0.15) is 13.2 Å². The monoisotopic (exact) mass is 575 g/mol. The minimum atomic E-state index is -4.25. The van der Waals surface area contributed by atoms with E-state index < -0.39 is 47.1 Å². The highest BCUT2D eigenvalue weighted by Crippen LogP contribution is 2.32. The molecule has 4 N–H and O–H groups in total. The number of piperazine rings is 1. The van der Waals surface area contributed by atoms with Crippen LogP contribution in [0.5, 0.6) is 0 Å². The molecular weight excluding hydrogens is 545 g/mol. The molecule has 1 aliphatic heterocycles. The number of nitrogens with one attached hydrogen (secondary N) is 2. The number of nitrogens with two attached hydrogens (primary N) is 1. The number of anilines is 2. The van der Waals surface area contributed by atoms with Gasteiger partial charge in [0, 0.05) is 49.4 Å². The van der Waals surface area contributed by atoms with Crippen LogP contribution < -0.4 is 21.3 Å². The van der Waals surface area contributed by atoms with Gasteiger partial charge in [0.1, 0.15) is 0 Å². The molecule has 2 amide bonds. The van der Waals surface area contributed by atoms with Crippen molar-refractivity contribution in [2.24, 2.45) is 5.73 Å². The molecule has 1 fully saturated rings. The van der Waals surface area contributed by atoms with Crippen molar-refractivity contribution in [2.75, 3.05) is 36.4 Å². The van der Waals surface area contributed by atoms with E-state index in [0.717, 1.165) is 6.07 Å². The molecular formula is C26H31ClF5N5O2. The predicted octanol–water partition coefficient (Wildman–Crippen LogP) is 4.69. The summed E-state index contributed by atoms with van der Waals surface area (Å²) in [6.07, 6.45) is -5.16. The van der Waals surface area contributed by atoms with Gasteiger partial charge in [-0.3, -0.25) is 14.5 Å². The van der Waals surface area contributed by atoms with E-state index in [0.29, 0.717) is 30.3 Å². The van der Waals surface area contributed by atoms with Crippen molar-refractivity contribution in [3.63, 3.8) is 0 Å². The molecule has 0 aliphatic carbocycles. The lowest BCUT2D eigenvalue weighted by atomic mass is 10.1. The number of benzene rings is 2. The van der Waals surface area contributed by atoms with Crippen LogP contribution in [-0.4, -0.2) is 60.7 Å². The summed E-state index contributed by atoms with van der Waals surface area (Å²) >= 11 is 6.18. The van der Waals surface area contributed by atoms with Gasteiger partial charge in [-0.25, -0.2) is 8.78 Å². The second kappa shape index (κ2) is 12.1. The lowest BCUT2D eigenvalue weighted by Crippen LogP contribution is -2.52. The summed E-state index contributed by atoms with van der Waals surface area (Å²) in [6.45, 7) is 5.39. The molecule has 0 bridgehead atoms. The molecule has 1 saturated heterocycles. The third-order valence-corrected chi connectivity index (χ3v) is 6.66. The quantitative estimate of drug-likeness (QED) is 0.398. The van der Waals surface area contributed by atoms with E-state index in [1.54, 1.807) is 11.0 Å². The number of alkyl halides is 3. The summed E-state index contributed by atoms with van der Waals surface area (Å²) in [7, 11) is 0. The molecule has 2 aromatic rings. The summed E-state index contributed by atoms with van der Waals surface area (Å²) < 4.78 is 67.6. The Morgan fingerprint density at radius 2 is 1.79 bits per heavy atom. The number of nitrogens with zero attached hydrogens (tertiary/aromatic N) is 2. The molecule has 13 heteroatoms. The Kier molecular flexibility index (Phi) is 9.45. The van der Waals surface area contributed by atoms with Crippen molar-refractivity contribution in [1.29, 1.82) is 0 Å². The van der Waals surface area contributed by atoms with Crippen LogP contribution in [0.3, 0.4) is 0 Å². The van der Waals surface area contributed by atoms with E-state index in [9.17, 15) is 31.5 Å². The minimum absolute atomic E-state index is 0.119. The third-order valence-electron chi connectivity index (χ3n) is 6.43. The minimum Gasteiger partial charge on any atom is -0.367 e. The molecule has 2 aromatic carbocycles. The molecule has 7 nitrogen and oxygen atoms in total. The van der Waals surface area contributed by atoms with Crippen LogP contribution >= 0.6 is 11.6 Å². The largest absolute Gasteiger partial charge is 0.390 e. The fourth-order valence-electron chi connectivity index (χ4n) is 4.18.